The standard InChI is InChI=1S/C11H16/c1-5-7-10(3)9-11(4)8-6-2/h7,9H,5H2,1-4H3/b10-7+,11-9+. The lowest BCUT2D eigenvalue weighted by Crippen LogP contribution is -1.72. The Balaban J connectivity index is 4.26. The Labute approximate surface area is 70.0 Å². The summed E-state index contributed by atoms with van der Waals surface area (Å²) in [7, 11) is 0. The maximum absolute atomic E-state index is 3.01. The van der Waals surface area contributed by atoms with Gasteiger partial charge in [-0.15, -0.1) is 5.92 Å². The molecule has 0 nitrogen and oxygen atoms in total. The first kappa shape index (κ1) is 10.0. The molecule has 0 amide bonds. The third-order valence-electron chi connectivity index (χ3n) is 1.29. The predicted octanol–water partition coefficient (Wildman–Crippen LogP) is 3.31. The van der Waals surface area contributed by atoms with Crippen LogP contribution < -0.4 is 0 Å². The number of hydrogen-bond donors (Lipinski definition) is 0. The van der Waals surface area contributed by atoms with E-state index < -0.39 is 0 Å². The lowest BCUT2D eigenvalue weighted by Gasteiger charge is -1.90. The lowest BCUT2D eigenvalue weighted by molar-refractivity contribution is 1.19. The van der Waals surface area contributed by atoms with Gasteiger partial charge in [-0.2, -0.15) is 0 Å². The van der Waals surface area contributed by atoms with Crippen LogP contribution in [0.4, 0.5) is 0 Å². The van der Waals surface area contributed by atoms with Crippen LogP contribution in [0.15, 0.2) is 23.3 Å². The smallest absolute Gasteiger partial charge is 0.000840 e. The molecule has 0 spiro atoms. The first-order valence-electron chi connectivity index (χ1n) is 3.98. The molecular formula is C11H16. The molecule has 0 fully saturated rings. The van der Waals surface area contributed by atoms with Gasteiger partial charge >= 0.3 is 0 Å². The van der Waals surface area contributed by atoms with E-state index in [0.29, 0.717) is 0 Å². The Hall–Kier alpha value is -0.960. The maximum atomic E-state index is 3.01. The lowest BCUT2D eigenvalue weighted by atomic mass is 10.2. The first-order chi connectivity index (χ1) is 5.20. The molecule has 0 aliphatic heterocycles. The molecule has 0 N–H and O–H groups in total. The van der Waals surface area contributed by atoms with Gasteiger partial charge in [0.2, 0.25) is 0 Å². The first-order valence-corrected chi connectivity index (χ1v) is 3.98. The van der Waals surface area contributed by atoms with Crippen molar-refractivity contribution in [1.29, 1.82) is 0 Å². The molecule has 0 aromatic rings. The van der Waals surface area contributed by atoms with Crippen molar-refractivity contribution in [2.75, 3.05) is 0 Å². The van der Waals surface area contributed by atoms with Crippen LogP contribution in [0.5, 0.6) is 0 Å². The van der Waals surface area contributed by atoms with Crippen LogP contribution in [0.1, 0.15) is 34.1 Å². The topological polar surface area (TPSA) is 0 Å². The Morgan fingerprint density at radius 3 is 2.45 bits per heavy atom. The summed E-state index contributed by atoms with van der Waals surface area (Å²) in [5.41, 5.74) is 2.43. The molecule has 0 heterocycles. The van der Waals surface area contributed by atoms with E-state index in [9.17, 15) is 0 Å². The summed E-state index contributed by atoms with van der Waals surface area (Å²) >= 11 is 0. The fourth-order valence-corrected chi connectivity index (χ4v) is 0.956. The van der Waals surface area contributed by atoms with E-state index in [1.165, 1.54) is 5.57 Å². The Morgan fingerprint density at radius 2 is 2.00 bits per heavy atom. The van der Waals surface area contributed by atoms with Crippen LogP contribution >= 0.6 is 0 Å². The molecule has 0 radical (unpaired) electrons. The maximum Gasteiger partial charge on any atom is -0.000840 e. The molecule has 0 atom stereocenters. The van der Waals surface area contributed by atoms with Crippen LogP contribution in [0.2, 0.25) is 0 Å². The molecule has 0 rings (SSSR count). The third kappa shape index (κ3) is 5.48. The van der Waals surface area contributed by atoms with Crippen molar-refractivity contribution < 1.29 is 0 Å². The van der Waals surface area contributed by atoms with E-state index >= 15 is 0 Å². The highest BCUT2D eigenvalue weighted by molar-refractivity contribution is 5.32. The summed E-state index contributed by atoms with van der Waals surface area (Å²) in [6.07, 6.45) is 5.40. The molecule has 0 aromatic heterocycles. The molecule has 0 aromatic carbocycles. The van der Waals surface area contributed by atoms with Crippen LogP contribution in [0, 0.1) is 11.8 Å². The molecule has 0 unspecified atom stereocenters. The van der Waals surface area contributed by atoms with Crippen molar-refractivity contribution in [3.63, 3.8) is 0 Å². The van der Waals surface area contributed by atoms with Crippen molar-refractivity contribution in [3.8, 4) is 11.8 Å². The van der Waals surface area contributed by atoms with Crippen molar-refractivity contribution in [1.82, 2.24) is 0 Å². The van der Waals surface area contributed by atoms with Gasteiger partial charge in [0.05, 0.1) is 0 Å². The second kappa shape index (κ2) is 5.80. The van der Waals surface area contributed by atoms with Crippen molar-refractivity contribution in [2.24, 2.45) is 0 Å². The van der Waals surface area contributed by atoms with E-state index in [1.807, 2.05) is 13.8 Å². The average Bonchev–Trinajstić information content (AvgIpc) is 1.87. The molecule has 0 bridgehead atoms. The second-order valence-corrected chi connectivity index (χ2v) is 2.56. The Morgan fingerprint density at radius 1 is 1.36 bits per heavy atom. The Kier molecular flexibility index (Phi) is 5.29. The summed E-state index contributed by atoms with van der Waals surface area (Å²) in [6.45, 7) is 8.13. The highest BCUT2D eigenvalue weighted by Gasteiger charge is 1.82. The van der Waals surface area contributed by atoms with Gasteiger partial charge in [0, 0.05) is 0 Å². The fourth-order valence-electron chi connectivity index (χ4n) is 0.956. The van der Waals surface area contributed by atoms with Gasteiger partial charge in [0.1, 0.15) is 0 Å². The zero-order valence-electron chi connectivity index (χ0n) is 7.86. The third-order valence-corrected chi connectivity index (χ3v) is 1.29. The molecule has 11 heavy (non-hydrogen) atoms. The van der Waals surface area contributed by atoms with Crippen LogP contribution in [0.25, 0.3) is 0 Å². The van der Waals surface area contributed by atoms with Crippen LogP contribution in [0.3, 0.4) is 0 Å². The van der Waals surface area contributed by atoms with Gasteiger partial charge < -0.3 is 0 Å². The minimum Gasteiger partial charge on any atom is -0.102 e. The van der Waals surface area contributed by atoms with Gasteiger partial charge in [-0.05, 0) is 38.8 Å². The van der Waals surface area contributed by atoms with Crippen molar-refractivity contribution in [3.05, 3.63) is 23.3 Å². The van der Waals surface area contributed by atoms with E-state index in [2.05, 4.69) is 37.8 Å². The molecule has 60 valence electrons. The largest absolute Gasteiger partial charge is 0.102 e. The molecular weight excluding hydrogens is 132 g/mol. The average molecular weight is 148 g/mol. The molecule has 0 saturated carbocycles. The van der Waals surface area contributed by atoms with Crippen LogP contribution in [-0.4, -0.2) is 0 Å². The summed E-state index contributed by atoms with van der Waals surface area (Å²) in [5.74, 6) is 5.87. The normalized spacial score (nSPS) is 12.4. The number of allylic oxidation sites excluding steroid dienone is 4. The van der Waals surface area contributed by atoms with E-state index in [0.717, 1.165) is 12.0 Å². The Bertz CT molecular complexity index is 218. The zero-order valence-corrected chi connectivity index (χ0v) is 7.86. The number of hydrogen-bond acceptors (Lipinski definition) is 0. The monoisotopic (exact) mass is 148 g/mol. The molecule has 0 aliphatic rings. The second-order valence-electron chi connectivity index (χ2n) is 2.56. The van der Waals surface area contributed by atoms with Crippen molar-refractivity contribution in [2.45, 2.75) is 34.1 Å². The minimum absolute atomic E-state index is 1.09. The minimum atomic E-state index is 1.09. The number of rotatable bonds is 2. The fraction of sp³-hybridized carbons (Fsp3) is 0.455. The zero-order chi connectivity index (χ0) is 8.69. The van der Waals surface area contributed by atoms with Crippen LogP contribution in [-0.2, 0) is 0 Å². The van der Waals surface area contributed by atoms with Gasteiger partial charge in [-0.1, -0.05) is 24.5 Å². The summed E-state index contributed by atoms with van der Waals surface area (Å²) < 4.78 is 0. The highest BCUT2D eigenvalue weighted by Crippen LogP contribution is 2.01. The quantitative estimate of drug-likeness (QED) is 0.416. The van der Waals surface area contributed by atoms with E-state index in [4.69, 9.17) is 0 Å². The predicted molar refractivity (Wildman–Crippen MR) is 51.3 cm³/mol. The van der Waals surface area contributed by atoms with Gasteiger partial charge in [-0.25, -0.2) is 0 Å². The molecule has 0 heteroatoms. The molecule has 0 saturated heterocycles. The summed E-state index contributed by atoms with van der Waals surface area (Å²) in [4.78, 5) is 0. The van der Waals surface area contributed by atoms with Gasteiger partial charge in [-0.3, -0.25) is 0 Å². The highest BCUT2D eigenvalue weighted by atomic mass is 13.9. The van der Waals surface area contributed by atoms with E-state index in [-0.39, 0.29) is 0 Å². The summed E-state index contributed by atoms with van der Waals surface area (Å²) in [6, 6.07) is 0. The molecule has 0 aliphatic carbocycles. The van der Waals surface area contributed by atoms with Crippen molar-refractivity contribution >= 4 is 0 Å². The van der Waals surface area contributed by atoms with Gasteiger partial charge in [0.15, 0.2) is 0 Å². The summed E-state index contributed by atoms with van der Waals surface area (Å²) in [5, 5.41) is 0. The van der Waals surface area contributed by atoms with E-state index in [1.54, 1.807) is 0 Å². The van der Waals surface area contributed by atoms with Gasteiger partial charge in [0.25, 0.3) is 0 Å². The SMILES string of the molecule is CC#C/C(C)=C/C(C)=C/CC.